The zero-order chi connectivity index (χ0) is 13.5. The van der Waals surface area contributed by atoms with Crippen molar-refractivity contribution >= 4 is 11.9 Å². The minimum Gasteiger partial charge on any atom is -0.467 e. The van der Waals surface area contributed by atoms with Crippen LogP contribution in [0.3, 0.4) is 0 Å². The summed E-state index contributed by atoms with van der Waals surface area (Å²) in [6, 6.07) is 1.68. The molecule has 0 atom stereocenters. The molecule has 100 valence electrons. The lowest BCUT2D eigenvalue weighted by molar-refractivity contribution is -0.123. The molecule has 18 heavy (non-hydrogen) atoms. The summed E-state index contributed by atoms with van der Waals surface area (Å²) in [6.07, 6.45) is 0. The Kier molecular flexibility index (Phi) is 5.31. The molecule has 0 aromatic carbocycles. The largest absolute Gasteiger partial charge is 0.467 e. The first-order valence-electron chi connectivity index (χ1n) is 5.83. The molecule has 7 heteroatoms. The predicted octanol–water partition coefficient (Wildman–Crippen LogP) is -0.0000800. The van der Waals surface area contributed by atoms with E-state index in [1.165, 1.54) is 0 Å². The Hall–Kier alpha value is -1.89. The normalized spacial score (nSPS) is 10.0. The average Bonchev–Trinajstić information content (AvgIpc) is 2.37. The van der Waals surface area contributed by atoms with Gasteiger partial charge in [-0.05, 0) is 20.8 Å². The van der Waals surface area contributed by atoms with Crippen LogP contribution in [0.2, 0.25) is 0 Å². The minimum absolute atomic E-state index is 0.162. The molecule has 1 aromatic rings. The monoisotopic (exact) mass is 253 g/mol. The number of nitrogens with one attached hydrogen (secondary N) is 1. The Bertz CT molecular complexity index is 406. The SMILES string of the molecule is CCN(CC)c1nc(C)cc(OCC(=O)NN)n1. The van der Waals surface area contributed by atoms with Gasteiger partial charge in [0.25, 0.3) is 5.91 Å². The second kappa shape index (κ2) is 6.75. The molecule has 3 N–H and O–H groups in total. The lowest BCUT2D eigenvalue weighted by Gasteiger charge is -2.19. The number of hydrogen-bond acceptors (Lipinski definition) is 6. The number of carbonyl (C=O) groups is 1. The second-order valence-electron chi connectivity index (χ2n) is 3.68. The number of hydrazine groups is 1. The number of amides is 1. The zero-order valence-electron chi connectivity index (χ0n) is 10.9. The van der Waals surface area contributed by atoms with Gasteiger partial charge in [-0.15, -0.1) is 0 Å². The Labute approximate surface area is 106 Å². The van der Waals surface area contributed by atoms with Crippen LogP contribution in [0.25, 0.3) is 0 Å². The maximum Gasteiger partial charge on any atom is 0.271 e. The number of ether oxygens (including phenoxy) is 1. The van der Waals surface area contributed by atoms with Gasteiger partial charge in [0, 0.05) is 24.8 Å². The smallest absolute Gasteiger partial charge is 0.271 e. The number of aryl methyl sites for hydroxylation is 1. The Morgan fingerprint density at radius 3 is 2.67 bits per heavy atom. The lowest BCUT2D eigenvalue weighted by Crippen LogP contribution is -2.34. The van der Waals surface area contributed by atoms with Crippen molar-refractivity contribution in [3.05, 3.63) is 11.8 Å². The highest BCUT2D eigenvalue weighted by Crippen LogP contribution is 2.15. The molecular formula is C11H19N5O2. The van der Waals surface area contributed by atoms with Gasteiger partial charge >= 0.3 is 0 Å². The summed E-state index contributed by atoms with van der Waals surface area (Å²) in [5, 5.41) is 0. The van der Waals surface area contributed by atoms with Crippen molar-refractivity contribution in [3.8, 4) is 5.88 Å². The van der Waals surface area contributed by atoms with Gasteiger partial charge in [0.2, 0.25) is 11.8 Å². The van der Waals surface area contributed by atoms with E-state index in [-0.39, 0.29) is 6.61 Å². The number of rotatable bonds is 6. The van der Waals surface area contributed by atoms with E-state index in [0.717, 1.165) is 18.8 Å². The molecule has 0 aliphatic rings. The topological polar surface area (TPSA) is 93.4 Å². The van der Waals surface area contributed by atoms with E-state index in [4.69, 9.17) is 10.6 Å². The first kappa shape index (κ1) is 14.2. The van der Waals surface area contributed by atoms with Crippen molar-refractivity contribution in [2.24, 2.45) is 5.84 Å². The molecule has 0 unspecified atom stereocenters. The van der Waals surface area contributed by atoms with E-state index < -0.39 is 5.91 Å². The Balaban J connectivity index is 2.83. The fourth-order valence-corrected chi connectivity index (χ4v) is 1.43. The van der Waals surface area contributed by atoms with Crippen molar-refractivity contribution in [2.45, 2.75) is 20.8 Å². The Morgan fingerprint density at radius 1 is 1.44 bits per heavy atom. The van der Waals surface area contributed by atoms with Gasteiger partial charge in [-0.3, -0.25) is 10.2 Å². The van der Waals surface area contributed by atoms with Crippen LogP contribution in [0.1, 0.15) is 19.5 Å². The molecule has 0 saturated carbocycles. The standard InChI is InChI=1S/C11H19N5O2/c1-4-16(5-2)11-13-8(3)6-10(14-11)18-7-9(17)15-12/h6H,4-5,7,12H2,1-3H3,(H,15,17). The fraction of sp³-hybridized carbons (Fsp3) is 0.545. The van der Waals surface area contributed by atoms with Crippen LogP contribution in [0.4, 0.5) is 5.95 Å². The summed E-state index contributed by atoms with van der Waals surface area (Å²) >= 11 is 0. The van der Waals surface area contributed by atoms with Gasteiger partial charge in [0.05, 0.1) is 0 Å². The summed E-state index contributed by atoms with van der Waals surface area (Å²) in [7, 11) is 0. The molecule has 0 aliphatic carbocycles. The summed E-state index contributed by atoms with van der Waals surface area (Å²) in [6.45, 7) is 7.36. The van der Waals surface area contributed by atoms with E-state index in [0.29, 0.717) is 11.8 Å². The number of hydrogen-bond donors (Lipinski definition) is 2. The second-order valence-corrected chi connectivity index (χ2v) is 3.68. The van der Waals surface area contributed by atoms with Crippen molar-refractivity contribution in [1.29, 1.82) is 0 Å². The van der Waals surface area contributed by atoms with Crippen LogP contribution in [0.15, 0.2) is 6.07 Å². The van der Waals surface area contributed by atoms with E-state index in [2.05, 4.69) is 9.97 Å². The molecule has 0 radical (unpaired) electrons. The lowest BCUT2D eigenvalue weighted by atomic mass is 10.4. The highest BCUT2D eigenvalue weighted by Gasteiger charge is 2.09. The van der Waals surface area contributed by atoms with E-state index in [1.807, 2.05) is 31.1 Å². The van der Waals surface area contributed by atoms with Gasteiger partial charge in [0.1, 0.15) is 0 Å². The van der Waals surface area contributed by atoms with Crippen molar-refractivity contribution in [2.75, 3.05) is 24.6 Å². The number of nitrogens with zero attached hydrogens (tertiary/aromatic N) is 3. The highest BCUT2D eigenvalue weighted by atomic mass is 16.5. The van der Waals surface area contributed by atoms with Gasteiger partial charge in [0.15, 0.2) is 6.61 Å². The molecule has 0 aliphatic heterocycles. The van der Waals surface area contributed by atoms with E-state index >= 15 is 0 Å². The van der Waals surface area contributed by atoms with Crippen LogP contribution < -0.4 is 20.9 Å². The number of anilines is 1. The fourth-order valence-electron chi connectivity index (χ4n) is 1.43. The van der Waals surface area contributed by atoms with Crippen molar-refractivity contribution in [1.82, 2.24) is 15.4 Å². The Morgan fingerprint density at radius 2 is 2.11 bits per heavy atom. The molecule has 1 amide bonds. The summed E-state index contributed by atoms with van der Waals surface area (Å²) in [5.74, 6) is 5.53. The quantitative estimate of drug-likeness (QED) is 0.421. The molecule has 1 heterocycles. The number of carbonyl (C=O) groups excluding carboxylic acids is 1. The van der Waals surface area contributed by atoms with Crippen LogP contribution in [-0.4, -0.2) is 35.6 Å². The molecule has 1 aromatic heterocycles. The van der Waals surface area contributed by atoms with E-state index in [1.54, 1.807) is 6.07 Å². The third-order valence-electron chi connectivity index (χ3n) is 2.38. The summed E-state index contributed by atoms with van der Waals surface area (Å²) in [5.41, 5.74) is 2.78. The molecule has 0 fully saturated rings. The van der Waals surface area contributed by atoms with E-state index in [9.17, 15) is 4.79 Å². The molecule has 1 rings (SSSR count). The van der Waals surface area contributed by atoms with Crippen LogP contribution >= 0.6 is 0 Å². The summed E-state index contributed by atoms with van der Waals surface area (Å²) < 4.78 is 5.25. The van der Waals surface area contributed by atoms with Crippen LogP contribution in [0.5, 0.6) is 5.88 Å². The maximum absolute atomic E-state index is 11.0. The van der Waals surface area contributed by atoms with Gasteiger partial charge in [-0.2, -0.15) is 4.98 Å². The number of nitrogens with two attached hydrogens (primary N) is 1. The summed E-state index contributed by atoms with van der Waals surface area (Å²) in [4.78, 5) is 21.6. The molecular weight excluding hydrogens is 234 g/mol. The average molecular weight is 253 g/mol. The maximum atomic E-state index is 11.0. The van der Waals surface area contributed by atoms with Gasteiger partial charge in [-0.1, -0.05) is 0 Å². The third kappa shape index (κ3) is 3.85. The number of aromatic nitrogens is 2. The first-order chi connectivity index (χ1) is 8.60. The van der Waals surface area contributed by atoms with Gasteiger partial charge < -0.3 is 9.64 Å². The first-order valence-corrected chi connectivity index (χ1v) is 5.83. The van der Waals surface area contributed by atoms with Crippen LogP contribution in [0, 0.1) is 6.92 Å². The zero-order valence-corrected chi connectivity index (χ0v) is 10.9. The van der Waals surface area contributed by atoms with Crippen LogP contribution in [-0.2, 0) is 4.79 Å². The molecule has 0 bridgehead atoms. The third-order valence-corrected chi connectivity index (χ3v) is 2.38. The van der Waals surface area contributed by atoms with Gasteiger partial charge in [-0.25, -0.2) is 10.8 Å². The van der Waals surface area contributed by atoms with Crippen molar-refractivity contribution < 1.29 is 9.53 Å². The predicted molar refractivity (Wildman–Crippen MR) is 68.2 cm³/mol. The molecule has 0 spiro atoms. The molecule has 0 saturated heterocycles. The molecule has 7 nitrogen and oxygen atoms in total. The highest BCUT2D eigenvalue weighted by molar-refractivity contribution is 5.76. The van der Waals surface area contributed by atoms with Crippen molar-refractivity contribution in [3.63, 3.8) is 0 Å². The minimum atomic E-state index is -0.407.